The Morgan fingerprint density at radius 2 is 1.74 bits per heavy atom. The molecule has 2 aromatic rings. The molecule has 0 amide bonds. The number of nitrogens with zero attached hydrogens (tertiary/aromatic N) is 1. The van der Waals surface area contributed by atoms with Crippen LogP contribution < -0.4 is 5.32 Å². The van der Waals surface area contributed by atoms with Gasteiger partial charge in [0.2, 0.25) is 0 Å². The van der Waals surface area contributed by atoms with Crippen LogP contribution >= 0.6 is 0 Å². The van der Waals surface area contributed by atoms with Gasteiger partial charge in [-0.05, 0) is 61.2 Å². The number of hydrogen-bond acceptors (Lipinski definition) is 2. The Labute approximate surface area is 114 Å². The van der Waals surface area contributed by atoms with Crippen LogP contribution in [-0.2, 0) is 6.54 Å². The largest absolute Gasteiger partial charge is 0.381 e. The van der Waals surface area contributed by atoms with Crippen LogP contribution in [0.2, 0.25) is 0 Å². The number of rotatable bonds is 3. The fourth-order valence-corrected chi connectivity index (χ4v) is 2.11. The molecule has 1 N–H and O–H groups in total. The molecule has 19 heavy (non-hydrogen) atoms. The second-order valence-electron chi connectivity index (χ2n) is 4.91. The van der Waals surface area contributed by atoms with Crippen molar-refractivity contribution in [1.82, 2.24) is 0 Å². The van der Waals surface area contributed by atoms with Crippen LogP contribution in [0, 0.1) is 32.1 Å². The summed E-state index contributed by atoms with van der Waals surface area (Å²) in [6.45, 7) is 7.18. The first-order valence-electron chi connectivity index (χ1n) is 6.41. The van der Waals surface area contributed by atoms with Gasteiger partial charge in [0.05, 0.1) is 11.6 Å². The molecular formula is C17H18N2. The van der Waals surface area contributed by atoms with E-state index in [1.165, 1.54) is 22.3 Å². The van der Waals surface area contributed by atoms with Gasteiger partial charge in [0, 0.05) is 12.2 Å². The van der Waals surface area contributed by atoms with E-state index in [0.29, 0.717) is 5.56 Å². The molecule has 0 bridgehead atoms. The fourth-order valence-electron chi connectivity index (χ4n) is 2.11. The highest BCUT2D eigenvalue weighted by Crippen LogP contribution is 2.17. The molecule has 2 aromatic carbocycles. The Morgan fingerprint density at radius 3 is 2.47 bits per heavy atom. The standard InChI is InChI=1S/C17H18N2/c1-12-7-14(3)16(8-13(12)2)11-19-17-6-4-5-15(9-17)10-18/h4-9,19H,11H2,1-3H3. The molecule has 0 spiro atoms. The third-order valence-corrected chi connectivity index (χ3v) is 3.43. The lowest BCUT2D eigenvalue weighted by molar-refractivity contribution is 1.10. The van der Waals surface area contributed by atoms with Crippen LogP contribution in [0.4, 0.5) is 5.69 Å². The monoisotopic (exact) mass is 250 g/mol. The van der Waals surface area contributed by atoms with Crippen LogP contribution in [-0.4, -0.2) is 0 Å². The average Bonchev–Trinajstić information content (AvgIpc) is 2.41. The minimum Gasteiger partial charge on any atom is -0.381 e. The summed E-state index contributed by atoms with van der Waals surface area (Å²) in [7, 11) is 0. The molecule has 0 atom stereocenters. The lowest BCUT2D eigenvalue weighted by atomic mass is 10.0. The molecule has 0 aromatic heterocycles. The third-order valence-electron chi connectivity index (χ3n) is 3.43. The fraction of sp³-hybridized carbons (Fsp3) is 0.235. The Bertz CT molecular complexity index is 636. The van der Waals surface area contributed by atoms with Crippen molar-refractivity contribution >= 4 is 5.69 Å². The summed E-state index contributed by atoms with van der Waals surface area (Å²) in [6.07, 6.45) is 0. The van der Waals surface area contributed by atoms with E-state index >= 15 is 0 Å². The SMILES string of the molecule is Cc1cc(C)c(CNc2cccc(C#N)c2)cc1C. The first kappa shape index (κ1) is 13.2. The van der Waals surface area contributed by atoms with Crippen molar-refractivity contribution < 1.29 is 0 Å². The summed E-state index contributed by atoms with van der Waals surface area (Å²) in [6, 6.07) is 14.2. The van der Waals surface area contributed by atoms with Crippen LogP contribution in [0.5, 0.6) is 0 Å². The summed E-state index contributed by atoms with van der Waals surface area (Å²) < 4.78 is 0. The van der Waals surface area contributed by atoms with Crippen molar-refractivity contribution in [2.45, 2.75) is 27.3 Å². The van der Waals surface area contributed by atoms with Gasteiger partial charge in [-0.3, -0.25) is 0 Å². The van der Waals surface area contributed by atoms with E-state index in [1.807, 2.05) is 24.3 Å². The van der Waals surface area contributed by atoms with Gasteiger partial charge in [-0.2, -0.15) is 5.26 Å². The topological polar surface area (TPSA) is 35.8 Å². The first-order chi connectivity index (χ1) is 9.10. The molecule has 0 radical (unpaired) electrons. The van der Waals surface area contributed by atoms with Crippen LogP contribution in [0.3, 0.4) is 0 Å². The van der Waals surface area contributed by atoms with Crippen molar-refractivity contribution in [1.29, 1.82) is 5.26 Å². The first-order valence-corrected chi connectivity index (χ1v) is 6.41. The Kier molecular flexibility index (Phi) is 3.87. The van der Waals surface area contributed by atoms with Crippen molar-refractivity contribution in [3.05, 3.63) is 64.2 Å². The minimum atomic E-state index is 0.682. The van der Waals surface area contributed by atoms with E-state index < -0.39 is 0 Å². The van der Waals surface area contributed by atoms with Crippen molar-refractivity contribution in [2.75, 3.05) is 5.32 Å². The molecule has 0 fully saturated rings. The number of nitriles is 1. The van der Waals surface area contributed by atoms with Gasteiger partial charge in [-0.25, -0.2) is 0 Å². The van der Waals surface area contributed by atoms with Crippen LogP contribution in [0.15, 0.2) is 36.4 Å². The van der Waals surface area contributed by atoms with Crippen molar-refractivity contribution in [3.63, 3.8) is 0 Å². The highest BCUT2D eigenvalue weighted by atomic mass is 14.9. The van der Waals surface area contributed by atoms with Gasteiger partial charge in [0.15, 0.2) is 0 Å². The Balaban J connectivity index is 2.14. The van der Waals surface area contributed by atoms with Crippen LogP contribution in [0.1, 0.15) is 27.8 Å². The zero-order chi connectivity index (χ0) is 13.8. The lowest BCUT2D eigenvalue weighted by Gasteiger charge is -2.12. The Hall–Kier alpha value is -2.27. The molecule has 0 saturated carbocycles. The maximum atomic E-state index is 8.88. The summed E-state index contributed by atoms with van der Waals surface area (Å²) in [5.41, 5.74) is 6.90. The number of aryl methyl sites for hydroxylation is 3. The van der Waals surface area contributed by atoms with Gasteiger partial charge in [-0.15, -0.1) is 0 Å². The van der Waals surface area contributed by atoms with E-state index in [-0.39, 0.29) is 0 Å². The molecule has 96 valence electrons. The second kappa shape index (κ2) is 5.58. The molecular weight excluding hydrogens is 232 g/mol. The molecule has 0 saturated heterocycles. The zero-order valence-electron chi connectivity index (χ0n) is 11.6. The summed E-state index contributed by atoms with van der Waals surface area (Å²) >= 11 is 0. The van der Waals surface area contributed by atoms with Crippen LogP contribution in [0.25, 0.3) is 0 Å². The predicted molar refractivity (Wildman–Crippen MR) is 79.1 cm³/mol. The van der Waals surface area contributed by atoms with E-state index in [4.69, 9.17) is 5.26 Å². The number of nitrogens with one attached hydrogen (secondary N) is 1. The molecule has 0 unspecified atom stereocenters. The van der Waals surface area contributed by atoms with Crippen molar-refractivity contribution in [2.24, 2.45) is 0 Å². The summed E-state index contributed by atoms with van der Waals surface area (Å²) in [5.74, 6) is 0. The van der Waals surface area contributed by atoms with E-state index in [0.717, 1.165) is 12.2 Å². The minimum absolute atomic E-state index is 0.682. The zero-order valence-corrected chi connectivity index (χ0v) is 11.6. The Morgan fingerprint density at radius 1 is 1.00 bits per heavy atom. The van der Waals surface area contributed by atoms with Gasteiger partial charge in [-0.1, -0.05) is 18.2 Å². The second-order valence-corrected chi connectivity index (χ2v) is 4.91. The smallest absolute Gasteiger partial charge is 0.0992 e. The van der Waals surface area contributed by atoms with E-state index in [1.54, 1.807) is 0 Å². The predicted octanol–water partition coefficient (Wildman–Crippen LogP) is 4.10. The van der Waals surface area contributed by atoms with E-state index in [2.05, 4.69) is 44.3 Å². The highest BCUT2D eigenvalue weighted by molar-refractivity contribution is 5.50. The van der Waals surface area contributed by atoms with Crippen molar-refractivity contribution in [3.8, 4) is 6.07 Å². The summed E-state index contributed by atoms with van der Waals surface area (Å²) in [4.78, 5) is 0. The maximum absolute atomic E-state index is 8.88. The number of anilines is 1. The quantitative estimate of drug-likeness (QED) is 0.890. The average molecular weight is 250 g/mol. The highest BCUT2D eigenvalue weighted by Gasteiger charge is 2.02. The molecule has 2 heteroatoms. The molecule has 0 aliphatic carbocycles. The van der Waals surface area contributed by atoms with E-state index in [9.17, 15) is 0 Å². The van der Waals surface area contributed by atoms with Gasteiger partial charge in [0.25, 0.3) is 0 Å². The molecule has 0 aliphatic heterocycles. The third kappa shape index (κ3) is 3.14. The molecule has 2 nitrogen and oxygen atoms in total. The van der Waals surface area contributed by atoms with Gasteiger partial charge < -0.3 is 5.32 Å². The molecule has 0 heterocycles. The molecule has 0 aliphatic rings. The van der Waals surface area contributed by atoms with Gasteiger partial charge >= 0.3 is 0 Å². The van der Waals surface area contributed by atoms with Gasteiger partial charge in [0.1, 0.15) is 0 Å². The normalized spacial score (nSPS) is 10.0. The number of benzene rings is 2. The summed E-state index contributed by atoms with van der Waals surface area (Å²) in [5, 5.41) is 12.3. The molecule has 2 rings (SSSR count). The maximum Gasteiger partial charge on any atom is 0.0992 e. The number of hydrogen-bond donors (Lipinski definition) is 1. The lowest BCUT2D eigenvalue weighted by Crippen LogP contribution is -2.02.